The van der Waals surface area contributed by atoms with Crippen molar-refractivity contribution in [2.75, 3.05) is 0 Å². The standard InChI is InChI=1S/C7H8.C6H7.C5H5.2CO.2ClH.Ru.Ti/c1-2-7-5-3-4-6-7;1-6-4-2-3-5-6;1-2-4-5-3-1;2*1-2;;;;/h2-6H,1H3;2-5H,1H3;1-5H;;;2*1H;;/q-1;;;;;;;2*+2/p-2. The van der Waals surface area contributed by atoms with Gasteiger partial charge in [-0.3, -0.25) is 0 Å². The maximum atomic E-state index is 7.50. The topological polar surface area (TPSA) is 39.8 Å². The van der Waals surface area contributed by atoms with E-state index < -0.39 is 17.0 Å². The van der Waals surface area contributed by atoms with E-state index >= 15 is 0 Å². The Kier molecular flexibility index (Phi) is 45.5. The molecular formula is C20H20Cl2O2RuTi+. The minimum Gasteiger partial charge on any atom is 2.00 e. The average Bonchev–Trinajstić information content (AvgIpc) is 3.44. The number of halogens is 2. The Morgan fingerprint density at radius 2 is 1.00 bits per heavy atom. The van der Waals surface area contributed by atoms with Gasteiger partial charge in [0.05, 0.1) is 0 Å². The summed E-state index contributed by atoms with van der Waals surface area (Å²) in [7, 11) is 9.78. The molecule has 0 bridgehead atoms. The summed E-state index contributed by atoms with van der Waals surface area (Å²) in [5.41, 5.74) is 0. The number of hydrogen-bond acceptors (Lipinski definition) is 0. The van der Waals surface area contributed by atoms with Gasteiger partial charge in [0, 0.05) is 0 Å². The van der Waals surface area contributed by atoms with Crippen LogP contribution in [0.25, 0.3) is 0 Å². The molecule has 0 aromatic rings. The van der Waals surface area contributed by atoms with Gasteiger partial charge in [-0.05, 0) is 76.5 Å². The molecule has 3 fully saturated rings. The Morgan fingerprint density at radius 3 is 1.15 bits per heavy atom. The summed E-state index contributed by atoms with van der Waals surface area (Å²) < 4.78 is 15.0. The molecule has 6 heteroatoms. The normalized spacial score (nSPS) is 17.5. The fraction of sp³-hybridized carbons (Fsp3) is 0.100. The Balaban J connectivity index is -0.000000118. The molecule has 0 aromatic carbocycles. The zero-order chi connectivity index (χ0) is 19.8. The van der Waals surface area contributed by atoms with Crippen molar-refractivity contribution in [3.8, 4) is 0 Å². The summed E-state index contributed by atoms with van der Waals surface area (Å²) in [6.45, 7) is 13.1. The Bertz CT molecular complexity index is 249. The first-order valence-corrected chi connectivity index (χ1v) is 11.3. The number of rotatable bonds is 1. The van der Waals surface area contributed by atoms with Crippen LogP contribution in [0, 0.1) is 115 Å². The van der Waals surface area contributed by atoms with Gasteiger partial charge in [-0.2, -0.15) is 12.8 Å². The quantitative estimate of drug-likeness (QED) is 0.259. The largest absolute Gasteiger partial charge is 2.00 e. The van der Waals surface area contributed by atoms with Gasteiger partial charge in [-0.1, -0.05) is 19.8 Å². The van der Waals surface area contributed by atoms with Crippen LogP contribution in [0.15, 0.2) is 0 Å². The molecule has 0 aliphatic heterocycles. The van der Waals surface area contributed by atoms with Gasteiger partial charge in [-0.25, -0.2) is 0 Å². The Labute approximate surface area is 192 Å². The van der Waals surface area contributed by atoms with Crippen molar-refractivity contribution in [1.29, 1.82) is 0 Å². The molecule has 15 radical (unpaired) electrons. The minimum atomic E-state index is -0.556. The van der Waals surface area contributed by atoms with E-state index in [1.165, 1.54) is 11.8 Å². The SMILES string of the molecule is C[CH-][C]1[CH][CH][CH][CH]1.C[C]1[CH][CH][CH][CH]1.[C-]#[O+].[C-]#[O+].[CH]1[CH][CH][CH][CH]1.[Cl][Ti][Cl].[Ru+2]. The van der Waals surface area contributed by atoms with Crippen molar-refractivity contribution in [3.63, 3.8) is 0 Å². The molecule has 0 N–H and O–H groups in total. The molecule has 2 nitrogen and oxygen atoms in total. The molecule has 0 spiro atoms. The first kappa shape index (κ1) is 34.9. The van der Waals surface area contributed by atoms with E-state index in [1.54, 1.807) is 0 Å². The van der Waals surface area contributed by atoms with Crippen LogP contribution in [0.1, 0.15) is 13.8 Å². The first-order valence-electron chi connectivity index (χ1n) is 6.97. The van der Waals surface area contributed by atoms with E-state index in [0.717, 1.165) is 0 Å². The van der Waals surface area contributed by atoms with Gasteiger partial charge < -0.3 is 6.42 Å². The fourth-order valence-electron chi connectivity index (χ4n) is 1.37. The summed E-state index contributed by atoms with van der Waals surface area (Å²) >= 11 is -0.556. The molecule has 0 aromatic heterocycles. The van der Waals surface area contributed by atoms with Gasteiger partial charge in [0.25, 0.3) is 0 Å². The maximum Gasteiger partial charge on any atom is 2.00 e. The van der Waals surface area contributed by atoms with E-state index in [1.807, 2.05) is 64.7 Å². The van der Waals surface area contributed by atoms with Crippen molar-refractivity contribution >= 4 is 18.6 Å². The summed E-state index contributed by atoms with van der Waals surface area (Å²) in [5.74, 6) is 2.65. The van der Waals surface area contributed by atoms with Gasteiger partial charge in [0.2, 0.25) is 0 Å². The van der Waals surface area contributed by atoms with Gasteiger partial charge >= 0.3 is 77.7 Å². The third-order valence-electron chi connectivity index (χ3n) is 2.41. The molecule has 0 amide bonds. The van der Waals surface area contributed by atoms with E-state index in [9.17, 15) is 0 Å². The molecule has 26 heavy (non-hydrogen) atoms. The summed E-state index contributed by atoms with van der Waals surface area (Å²) in [5, 5.41) is 0. The van der Waals surface area contributed by atoms with Gasteiger partial charge in [-0.15, -0.1) is 0 Å². The van der Waals surface area contributed by atoms with Gasteiger partial charge in [0.15, 0.2) is 0 Å². The zero-order valence-corrected chi connectivity index (χ0v) is 19.3. The van der Waals surface area contributed by atoms with Crippen LogP contribution >= 0.6 is 18.6 Å². The van der Waals surface area contributed by atoms with Crippen molar-refractivity contribution < 1.29 is 45.8 Å². The minimum absolute atomic E-state index is 0. The molecular weight excluding hydrogens is 492 g/mol. The van der Waals surface area contributed by atoms with Crippen molar-refractivity contribution in [2.45, 2.75) is 13.8 Å². The van der Waals surface area contributed by atoms with Crippen LogP contribution in [0.3, 0.4) is 0 Å². The van der Waals surface area contributed by atoms with E-state index in [-0.39, 0.29) is 19.5 Å². The molecule has 0 saturated heterocycles. The molecule has 0 heterocycles. The predicted molar refractivity (Wildman–Crippen MR) is 97.6 cm³/mol. The molecule has 3 rings (SSSR count). The van der Waals surface area contributed by atoms with Crippen molar-refractivity contribution in [3.05, 3.63) is 115 Å². The first-order chi connectivity index (χ1) is 12.2. The predicted octanol–water partition coefficient (Wildman–Crippen LogP) is 5.35. The monoisotopic (exact) mass is 512 g/mol. The molecule has 3 aliphatic carbocycles. The Hall–Kier alpha value is 1.40. The van der Waals surface area contributed by atoms with Crippen LogP contribution in [0.5, 0.6) is 0 Å². The van der Waals surface area contributed by atoms with Crippen molar-refractivity contribution in [2.24, 2.45) is 0 Å². The summed E-state index contributed by atoms with van der Waals surface area (Å²) in [6.07, 6.45) is 28.6. The van der Waals surface area contributed by atoms with Gasteiger partial charge in [0.1, 0.15) is 0 Å². The molecule has 3 saturated carbocycles. The Morgan fingerprint density at radius 1 is 0.731 bits per heavy atom. The average molecular weight is 512 g/mol. The fourth-order valence-corrected chi connectivity index (χ4v) is 1.37. The second-order valence-electron chi connectivity index (χ2n) is 4.00. The summed E-state index contributed by atoms with van der Waals surface area (Å²) in [6, 6.07) is 0. The summed E-state index contributed by atoms with van der Waals surface area (Å²) in [4.78, 5) is 0. The molecule has 0 unspecified atom stereocenters. The van der Waals surface area contributed by atoms with Crippen LogP contribution in [-0.2, 0) is 45.8 Å². The molecule has 0 atom stereocenters. The van der Waals surface area contributed by atoms with E-state index in [0.29, 0.717) is 0 Å². The second-order valence-corrected chi connectivity index (χ2v) is 6.58. The number of hydrogen-bond donors (Lipinski definition) is 0. The third-order valence-corrected chi connectivity index (χ3v) is 2.41. The molecule has 3 aliphatic rings. The second kappa shape index (κ2) is 33.9. The van der Waals surface area contributed by atoms with E-state index in [2.05, 4.69) is 52.3 Å². The van der Waals surface area contributed by atoms with Crippen LogP contribution in [0.4, 0.5) is 0 Å². The van der Waals surface area contributed by atoms with Crippen molar-refractivity contribution in [1.82, 2.24) is 0 Å². The van der Waals surface area contributed by atoms with Crippen LogP contribution in [-0.4, -0.2) is 0 Å². The molecule has 137 valence electrons. The van der Waals surface area contributed by atoms with Crippen LogP contribution in [0.2, 0.25) is 0 Å². The smallest absolute Gasteiger partial charge is 2.00 e. The zero-order valence-electron chi connectivity index (χ0n) is 14.5. The maximum absolute atomic E-state index is 7.50. The third kappa shape index (κ3) is 30.1. The van der Waals surface area contributed by atoms with E-state index in [4.69, 9.17) is 27.9 Å². The van der Waals surface area contributed by atoms with Crippen LogP contribution < -0.4 is 0 Å².